The van der Waals surface area contributed by atoms with Crippen molar-refractivity contribution in [2.24, 2.45) is 11.8 Å². The summed E-state index contributed by atoms with van der Waals surface area (Å²) in [6, 6.07) is 4.39. The maximum Gasteiger partial charge on any atom is 0.267 e. The van der Waals surface area contributed by atoms with Crippen molar-refractivity contribution >= 4 is 5.91 Å². The summed E-state index contributed by atoms with van der Waals surface area (Å²) < 4.78 is 2.13. The monoisotopic (exact) mass is 290 g/mol. The van der Waals surface area contributed by atoms with Crippen LogP contribution in [0.3, 0.4) is 0 Å². The summed E-state index contributed by atoms with van der Waals surface area (Å²) in [5, 5.41) is 12.5. The van der Waals surface area contributed by atoms with Gasteiger partial charge in [-0.25, -0.2) is 0 Å². The molecule has 0 bridgehead atoms. The highest BCUT2D eigenvalue weighted by molar-refractivity contribution is 5.92. The molecule has 2 atom stereocenters. The Bertz CT molecular complexity index is 479. The lowest BCUT2D eigenvalue weighted by molar-refractivity contribution is 0.0895. The molecule has 0 aromatic carbocycles. The lowest BCUT2D eigenvalue weighted by Gasteiger charge is -2.31. The van der Waals surface area contributed by atoms with Gasteiger partial charge in [0.25, 0.3) is 5.91 Å². The average Bonchev–Trinajstić information content (AvgIpc) is 2.92. The van der Waals surface area contributed by atoms with E-state index in [9.17, 15) is 9.90 Å². The lowest BCUT2D eigenvalue weighted by Crippen LogP contribution is -2.36. The first kappa shape index (κ1) is 14.6. The molecular weight excluding hydrogens is 264 g/mol. The third-order valence-electron chi connectivity index (χ3n) is 5.31. The quantitative estimate of drug-likeness (QED) is 0.876. The Labute approximate surface area is 126 Å². The van der Waals surface area contributed by atoms with Crippen LogP contribution in [0.5, 0.6) is 0 Å². The van der Waals surface area contributed by atoms with E-state index in [0.717, 1.165) is 18.5 Å². The fourth-order valence-electron chi connectivity index (χ4n) is 3.68. The molecule has 0 saturated heterocycles. The normalized spacial score (nSPS) is 26.3. The Morgan fingerprint density at radius 3 is 2.62 bits per heavy atom. The highest BCUT2D eigenvalue weighted by Gasteiger charge is 2.26. The predicted molar refractivity (Wildman–Crippen MR) is 82.2 cm³/mol. The maximum absolute atomic E-state index is 12.4. The highest BCUT2D eigenvalue weighted by Crippen LogP contribution is 2.33. The van der Waals surface area contributed by atoms with Crippen LogP contribution in [-0.4, -0.2) is 28.7 Å². The largest absolute Gasteiger partial charge is 0.396 e. The second-order valence-corrected chi connectivity index (χ2v) is 6.58. The molecule has 2 fully saturated rings. The van der Waals surface area contributed by atoms with Gasteiger partial charge in [0.15, 0.2) is 0 Å². The molecule has 3 rings (SSSR count). The van der Waals surface area contributed by atoms with Crippen molar-refractivity contribution in [3.05, 3.63) is 24.0 Å². The second-order valence-electron chi connectivity index (χ2n) is 6.58. The molecule has 4 nitrogen and oxygen atoms in total. The fraction of sp³-hybridized carbons (Fsp3) is 0.706. The van der Waals surface area contributed by atoms with Gasteiger partial charge in [0.05, 0.1) is 0 Å². The van der Waals surface area contributed by atoms with Crippen molar-refractivity contribution in [3.8, 4) is 0 Å². The minimum atomic E-state index is 0.0363. The number of carbonyl (C=O) groups excluding carboxylic acids is 1. The average molecular weight is 290 g/mol. The molecule has 116 valence electrons. The molecular formula is C17H26N2O2. The number of rotatable bonds is 5. The van der Waals surface area contributed by atoms with Crippen LogP contribution in [0.4, 0.5) is 0 Å². The van der Waals surface area contributed by atoms with E-state index >= 15 is 0 Å². The zero-order chi connectivity index (χ0) is 14.7. The zero-order valence-electron chi connectivity index (χ0n) is 12.6. The number of aromatic nitrogens is 1. The van der Waals surface area contributed by atoms with Crippen molar-refractivity contribution in [2.45, 2.75) is 51.0 Å². The number of nitrogens with one attached hydrogen (secondary N) is 1. The van der Waals surface area contributed by atoms with Gasteiger partial charge < -0.3 is 15.0 Å². The van der Waals surface area contributed by atoms with Crippen molar-refractivity contribution in [1.82, 2.24) is 9.88 Å². The van der Waals surface area contributed by atoms with Crippen LogP contribution in [0.2, 0.25) is 0 Å². The SMILES string of the molecule is O=C(NCC1CCCCC1CO)c1cccn1C1CCC1. The van der Waals surface area contributed by atoms with E-state index in [-0.39, 0.29) is 12.5 Å². The van der Waals surface area contributed by atoms with E-state index in [1.807, 2.05) is 18.3 Å². The summed E-state index contributed by atoms with van der Waals surface area (Å²) in [6.07, 6.45) is 10.3. The molecule has 21 heavy (non-hydrogen) atoms. The smallest absolute Gasteiger partial charge is 0.267 e. The van der Waals surface area contributed by atoms with Crippen LogP contribution in [0.15, 0.2) is 18.3 Å². The van der Waals surface area contributed by atoms with Gasteiger partial charge in [-0.05, 0) is 56.1 Å². The molecule has 1 aromatic rings. The van der Waals surface area contributed by atoms with Gasteiger partial charge in [-0.3, -0.25) is 4.79 Å². The van der Waals surface area contributed by atoms with E-state index in [4.69, 9.17) is 0 Å². The van der Waals surface area contributed by atoms with Crippen LogP contribution in [0, 0.1) is 11.8 Å². The first-order valence-corrected chi connectivity index (χ1v) is 8.35. The molecule has 0 radical (unpaired) electrons. The maximum atomic E-state index is 12.4. The van der Waals surface area contributed by atoms with Gasteiger partial charge in [0, 0.05) is 25.4 Å². The number of hydrogen-bond donors (Lipinski definition) is 2. The Morgan fingerprint density at radius 1 is 1.19 bits per heavy atom. The minimum Gasteiger partial charge on any atom is -0.396 e. The molecule has 2 saturated carbocycles. The summed E-state index contributed by atoms with van der Waals surface area (Å²) >= 11 is 0. The number of nitrogens with zero attached hydrogens (tertiary/aromatic N) is 1. The number of carbonyl (C=O) groups is 1. The molecule has 0 aliphatic heterocycles. The minimum absolute atomic E-state index is 0.0363. The molecule has 1 aromatic heterocycles. The number of amides is 1. The molecule has 2 N–H and O–H groups in total. The molecule has 2 aliphatic carbocycles. The standard InChI is InChI=1S/C17H26N2O2/c20-12-14-6-2-1-5-13(14)11-18-17(21)16-9-4-10-19(16)15-7-3-8-15/h4,9-10,13-15,20H,1-3,5-8,11-12H2,(H,18,21). The van der Waals surface area contributed by atoms with Gasteiger partial charge >= 0.3 is 0 Å². The van der Waals surface area contributed by atoms with Gasteiger partial charge in [-0.1, -0.05) is 12.8 Å². The predicted octanol–water partition coefficient (Wildman–Crippen LogP) is 2.74. The summed E-state index contributed by atoms with van der Waals surface area (Å²) in [7, 11) is 0. The van der Waals surface area contributed by atoms with Gasteiger partial charge in [0.2, 0.25) is 0 Å². The Balaban J connectivity index is 1.57. The third kappa shape index (κ3) is 3.15. The Hall–Kier alpha value is -1.29. The summed E-state index contributed by atoms with van der Waals surface area (Å²) in [6.45, 7) is 0.943. The summed E-state index contributed by atoms with van der Waals surface area (Å²) in [5.41, 5.74) is 0.788. The van der Waals surface area contributed by atoms with Crippen LogP contribution in [0.1, 0.15) is 61.5 Å². The Morgan fingerprint density at radius 2 is 1.95 bits per heavy atom. The van der Waals surface area contributed by atoms with E-state index < -0.39 is 0 Å². The zero-order valence-corrected chi connectivity index (χ0v) is 12.6. The van der Waals surface area contributed by atoms with E-state index in [1.165, 1.54) is 32.1 Å². The van der Waals surface area contributed by atoms with Crippen molar-refractivity contribution in [1.29, 1.82) is 0 Å². The van der Waals surface area contributed by atoms with E-state index in [1.54, 1.807) is 0 Å². The first-order chi connectivity index (χ1) is 10.3. The van der Waals surface area contributed by atoms with Crippen LogP contribution in [0.25, 0.3) is 0 Å². The van der Waals surface area contributed by atoms with Crippen molar-refractivity contribution < 1.29 is 9.90 Å². The Kier molecular flexibility index (Phi) is 4.63. The summed E-state index contributed by atoms with van der Waals surface area (Å²) in [5.74, 6) is 0.825. The molecule has 0 spiro atoms. The molecule has 2 aliphatic rings. The van der Waals surface area contributed by atoms with Gasteiger partial charge in [-0.2, -0.15) is 0 Å². The third-order valence-corrected chi connectivity index (χ3v) is 5.31. The lowest BCUT2D eigenvalue weighted by atomic mass is 9.79. The van der Waals surface area contributed by atoms with E-state index in [2.05, 4.69) is 9.88 Å². The molecule has 1 heterocycles. The number of hydrogen-bond acceptors (Lipinski definition) is 2. The fourth-order valence-corrected chi connectivity index (χ4v) is 3.68. The van der Waals surface area contributed by atoms with Crippen molar-refractivity contribution in [3.63, 3.8) is 0 Å². The molecule has 2 unspecified atom stereocenters. The van der Waals surface area contributed by atoms with E-state index in [0.29, 0.717) is 24.4 Å². The van der Waals surface area contributed by atoms with Crippen LogP contribution >= 0.6 is 0 Å². The number of aliphatic hydroxyl groups excluding tert-OH is 1. The first-order valence-electron chi connectivity index (χ1n) is 8.35. The topological polar surface area (TPSA) is 54.3 Å². The van der Waals surface area contributed by atoms with Gasteiger partial charge in [0.1, 0.15) is 5.69 Å². The molecule has 1 amide bonds. The van der Waals surface area contributed by atoms with Crippen LogP contribution in [-0.2, 0) is 0 Å². The van der Waals surface area contributed by atoms with Crippen LogP contribution < -0.4 is 5.32 Å². The highest BCUT2D eigenvalue weighted by atomic mass is 16.3. The summed E-state index contributed by atoms with van der Waals surface area (Å²) in [4.78, 5) is 12.4. The molecule has 4 heteroatoms. The second kappa shape index (κ2) is 6.65. The number of aliphatic hydroxyl groups is 1. The van der Waals surface area contributed by atoms with Crippen molar-refractivity contribution in [2.75, 3.05) is 13.2 Å². The van der Waals surface area contributed by atoms with Gasteiger partial charge in [-0.15, -0.1) is 0 Å².